The average Bonchev–Trinajstić information content (AvgIpc) is 2.26. The van der Waals surface area contributed by atoms with E-state index in [0.29, 0.717) is 11.6 Å². The number of aliphatic carboxylic acids is 1. The third kappa shape index (κ3) is 2.23. The number of carboxylic acid groups (broad SMARTS) is 1. The lowest BCUT2D eigenvalue weighted by Crippen LogP contribution is -2.02. The van der Waals surface area contributed by atoms with E-state index in [-0.39, 0.29) is 6.42 Å². The number of halogens is 1. The van der Waals surface area contributed by atoms with Crippen molar-refractivity contribution in [1.29, 1.82) is 0 Å². The molecule has 0 saturated carbocycles. The lowest BCUT2D eigenvalue weighted by molar-refractivity contribution is -0.136. The van der Waals surface area contributed by atoms with Gasteiger partial charge in [0.1, 0.15) is 0 Å². The summed E-state index contributed by atoms with van der Waals surface area (Å²) < 4.78 is 1.59. The Morgan fingerprint density at radius 3 is 2.92 bits per heavy atom. The fourth-order valence-corrected chi connectivity index (χ4v) is 1.18. The third-order valence-corrected chi connectivity index (χ3v) is 1.73. The second kappa shape index (κ2) is 3.58. The highest BCUT2D eigenvalue weighted by atomic mass is 35.5. The Morgan fingerprint density at radius 2 is 2.50 bits per heavy atom. The van der Waals surface area contributed by atoms with E-state index in [4.69, 9.17) is 16.7 Å². The van der Waals surface area contributed by atoms with E-state index in [1.807, 2.05) is 0 Å². The third-order valence-electron chi connectivity index (χ3n) is 1.54. The van der Waals surface area contributed by atoms with Gasteiger partial charge in [-0.05, 0) is 12.5 Å². The van der Waals surface area contributed by atoms with Gasteiger partial charge in [-0.15, -0.1) is 0 Å². The molecule has 0 saturated heterocycles. The van der Waals surface area contributed by atoms with Gasteiger partial charge < -0.3 is 5.11 Å². The Balaban J connectivity index is 2.62. The molecule has 66 valence electrons. The summed E-state index contributed by atoms with van der Waals surface area (Å²) in [6.07, 6.45) is 0.571. The highest BCUT2D eigenvalue weighted by Gasteiger charge is 2.04. The molecule has 1 N–H and O–H groups in total. The summed E-state index contributed by atoms with van der Waals surface area (Å²) in [5.74, 6) is -0.813. The zero-order chi connectivity index (χ0) is 9.14. The summed E-state index contributed by atoms with van der Waals surface area (Å²) in [4.78, 5) is 10.2. The van der Waals surface area contributed by atoms with Crippen molar-refractivity contribution in [3.05, 3.63) is 16.9 Å². The zero-order valence-corrected chi connectivity index (χ0v) is 7.38. The smallest absolute Gasteiger partial charge is 0.303 e. The van der Waals surface area contributed by atoms with Crippen LogP contribution in [0.1, 0.15) is 12.1 Å². The molecule has 4 nitrogen and oxygen atoms in total. The second-order valence-electron chi connectivity index (χ2n) is 2.48. The molecule has 0 aliphatic heterocycles. The minimum Gasteiger partial charge on any atom is -0.481 e. The van der Waals surface area contributed by atoms with Gasteiger partial charge in [0.2, 0.25) is 0 Å². The second-order valence-corrected chi connectivity index (χ2v) is 2.86. The van der Waals surface area contributed by atoms with Gasteiger partial charge in [0.05, 0.1) is 6.42 Å². The highest BCUT2D eigenvalue weighted by molar-refractivity contribution is 6.29. The van der Waals surface area contributed by atoms with Crippen LogP contribution in [0.15, 0.2) is 6.07 Å². The standard InChI is InChI=1S/C7H9ClN2O2/c1-10-5(2-3-7(11)12)4-6(8)9-10/h4H,2-3H2,1H3,(H,11,12). The summed E-state index contributed by atoms with van der Waals surface area (Å²) in [5.41, 5.74) is 0.836. The topological polar surface area (TPSA) is 55.1 Å². The molecule has 12 heavy (non-hydrogen) atoms. The van der Waals surface area contributed by atoms with Crippen molar-refractivity contribution in [3.8, 4) is 0 Å². The monoisotopic (exact) mass is 188 g/mol. The average molecular weight is 189 g/mol. The normalized spacial score (nSPS) is 10.2. The molecule has 0 radical (unpaired) electrons. The number of hydrogen-bond donors (Lipinski definition) is 1. The minimum absolute atomic E-state index is 0.107. The van der Waals surface area contributed by atoms with Gasteiger partial charge in [0.25, 0.3) is 0 Å². The Kier molecular flexibility index (Phi) is 2.70. The first kappa shape index (κ1) is 9.06. The number of hydrogen-bond acceptors (Lipinski definition) is 2. The lowest BCUT2D eigenvalue weighted by atomic mass is 10.2. The fourth-order valence-electron chi connectivity index (χ4n) is 0.936. The lowest BCUT2D eigenvalue weighted by Gasteiger charge is -1.96. The molecule has 0 bridgehead atoms. The molecule has 0 aliphatic rings. The summed E-state index contributed by atoms with van der Waals surface area (Å²) in [6.45, 7) is 0. The molecule has 1 rings (SSSR count). The largest absolute Gasteiger partial charge is 0.481 e. The Morgan fingerprint density at radius 1 is 1.83 bits per heavy atom. The minimum atomic E-state index is -0.813. The molecule has 1 aromatic heterocycles. The van der Waals surface area contributed by atoms with Crippen LogP contribution in [0.4, 0.5) is 0 Å². The van der Waals surface area contributed by atoms with Crippen LogP contribution in [0, 0.1) is 0 Å². The van der Waals surface area contributed by atoms with Gasteiger partial charge in [0, 0.05) is 12.7 Å². The predicted octanol–water partition coefficient (Wildman–Crippen LogP) is 1.09. The number of carboxylic acids is 1. The van der Waals surface area contributed by atoms with Crippen molar-refractivity contribution in [2.24, 2.45) is 7.05 Å². The summed E-state index contributed by atoms with van der Waals surface area (Å²) >= 11 is 5.60. The molecule has 1 aromatic rings. The van der Waals surface area contributed by atoms with E-state index in [0.717, 1.165) is 5.69 Å². The van der Waals surface area contributed by atoms with Crippen molar-refractivity contribution in [2.75, 3.05) is 0 Å². The van der Waals surface area contributed by atoms with Crippen molar-refractivity contribution < 1.29 is 9.90 Å². The molecule has 0 atom stereocenters. The Hall–Kier alpha value is -1.03. The quantitative estimate of drug-likeness (QED) is 0.773. The molecule has 0 unspecified atom stereocenters. The van der Waals surface area contributed by atoms with E-state index in [1.165, 1.54) is 0 Å². The van der Waals surface area contributed by atoms with Gasteiger partial charge >= 0.3 is 5.97 Å². The summed E-state index contributed by atoms with van der Waals surface area (Å²) in [6, 6.07) is 1.67. The zero-order valence-electron chi connectivity index (χ0n) is 6.62. The number of aromatic nitrogens is 2. The van der Waals surface area contributed by atoms with E-state index >= 15 is 0 Å². The first-order chi connectivity index (χ1) is 5.59. The molecule has 5 heteroatoms. The van der Waals surface area contributed by atoms with Crippen LogP contribution in [0.25, 0.3) is 0 Å². The fraction of sp³-hybridized carbons (Fsp3) is 0.429. The van der Waals surface area contributed by atoms with Crippen molar-refractivity contribution in [2.45, 2.75) is 12.8 Å². The maximum absolute atomic E-state index is 10.2. The van der Waals surface area contributed by atoms with Crippen LogP contribution in [0.3, 0.4) is 0 Å². The first-order valence-corrected chi connectivity index (χ1v) is 3.87. The number of carbonyl (C=O) groups is 1. The number of aryl methyl sites for hydroxylation is 2. The van der Waals surface area contributed by atoms with Crippen LogP contribution in [0.2, 0.25) is 5.15 Å². The summed E-state index contributed by atoms with van der Waals surface area (Å²) in [7, 11) is 1.74. The van der Waals surface area contributed by atoms with Crippen molar-refractivity contribution >= 4 is 17.6 Å². The van der Waals surface area contributed by atoms with E-state index in [1.54, 1.807) is 17.8 Å². The molecule has 0 fully saturated rings. The van der Waals surface area contributed by atoms with Crippen LogP contribution in [0.5, 0.6) is 0 Å². The van der Waals surface area contributed by atoms with Gasteiger partial charge in [-0.3, -0.25) is 9.48 Å². The molecular formula is C7H9ClN2O2. The molecule has 0 aromatic carbocycles. The maximum Gasteiger partial charge on any atom is 0.303 e. The van der Waals surface area contributed by atoms with Gasteiger partial charge in [-0.2, -0.15) is 5.10 Å². The van der Waals surface area contributed by atoms with Crippen molar-refractivity contribution in [1.82, 2.24) is 9.78 Å². The maximum atomic E-state index is 10.2. The van der Waals surface area contributed by atoms with E-state index in [2.05, 4.69) is 5.10 Å². The number of rotatable bonds is 3. The number of nitrogens with zero attached hydrogens (tertiary/aromatic N) is 2. The molecule has 0 amide bonds. The Bertz CT molecular complexity index is 296. The molecular weight excluding hydrogens is 180 g/mol. The van der Waals surface area contributed by atoms with Gasteiger partial charge in [0.15, 0.2) is 5.15 Å². The molecule has 1 heterocycles. The SMILES string of the molecule is Cn1nc(Cl)cc1CCC(=O)O. The Labute approximate surface area is 74.8 Å². The highest BCUT2D eigenvalue weighted by Crippen LogP contribution is 2.09. The molecule has 0 aliphatic carbocycles. The molecule has 0 spiro atoms. The first-order valence-electron chi connectivity index (χ1n) is 3.50. The van der Waals surface area contributed by atoms with E-state index < -0.39 is 5.97 Å². The van der Waals surface area contributed by atoms with Gasteiger partial charge in [-0.25, -0.2) is 0 Å². The van der Waals surface area contributed by atoms with Gasteiger partial charge in [-0.1, -0.05) is 11.6 Å². The predicted molar refractivity (Wildman–Crippen MR) is 44.2 cm³/mol. The summed E-state index contributed by atoms with van der Waals surface area (Å²) in [5, 5.41) is 12.7. The van der Waals surface area contributed by atoms with Crippen LogP contribution in [-0.4, -0.2) is 20.9 Å². The van der Waals surface area contributed by atoms with Crippen molar-refractivity contribution in [3.63, 3.8) is 0 Å². The van der Waals surface area contributed by atoms with Crippen LogP contribution in [-0.2, 0) is 18.3 Å². The van der Waals surface area contributed by atoms with Crippen LogP contribution < -0.4 is 0 Å². The van der Waals surface area contributed by atoms with Crippen LogP contribution >= 0.6 is 11.6 Å². The van der Waals surface area contributed by atoms with E-state index in [9.17, 15) is 4.79 Å².